The summed E-state index contributed by atoms with van der Waals surface area (Å²) in [6.45, 7) is 0.665. The Morgan fingerprint density at radius 1 is 1.25 bits per heavy atom. The van der Waals surface area contributed by atoms with E-state index in [0.717, 1.165) is 23.3 Å². The molecule has 0 saturated heterocycles. The quantitative estimate of drug-likeness (QED) is 0.784. The Balaban J connectivity index is 2.25. The minimum Gasteiger partial charge on any atom is -0.497 e. The van der Waals surface area contributed by atoms with Gasteiger partial charge < -0.3 is 9.64 Å². The molecular weight excluding hydrogens is 274 g/mol. The van der Waals surface area contributed by atoms with E-state index in [1.807, 2.05) is 48.3 Å². The first kappa shape index (κ1) is 14.4. The van der Waals surface area contributed by atoms with Crippen molar-refractivity contribution in [2.45, 2.75) is 6.54 Å². The van der Waals surface area contributed by atoms with E-state index < -0.39 is 0 Å². The van der Waals surface area contributed by atoms with E-state index in [1.54, 1.807) is 13.2 Å². The molecule has 0 aliphatic heterocycles. The zero-order valence-corrected chi connectivity index (χ0v) is 12.2. The van der Waals surface area contributed by atoms with Crippen LogP contribution in [0, 0.1) is 0 Å². The number of benzene rings is 2. The lowest BCUT2D eigenvalue weighted by atomic mass is 10.1. The van der Waals surface area contributed by atoms with Crippen LogP contribution in [0.15, 0.2) is 42.5 Å². The monoisotopic (exact) mass is 289 g/mol. The van der Waals surface area contributed by atoms with Gasteiger partial charge in [-0.15, -0.1) is 0 Å². The molecule has 0 aliphatic rings. The van der Waals surface area contributed by atoms with Crippen LogP contribution in [0.2, 0.25) is 5.02 Å². The van der Waals surface area contributed by atoms with E-state index >= 15 is 0 Å². The van der Waals surface area contributed by atoms with Crippen LogP contribution in [0.4, 0.5) is 5.69 Å². The molecule has 2 aromatic rings. The number of hydrogen-bond donors (Lipinski definition) is 0. The fourth-order valence-electron chi connectivity index (χ4n) is 2.11. The van der Waals surface area contributed by atoms with Crippen molar-refractivity contribution in [1.82, 2.24) is 0 Å². The molecule has 3 nitrogen and oxygen atoms in total. The lowest BCUT2D eigenvalue weighted by molar-refractivity contribution is 0.112. The maximum Gasteiger partial charge on any atom is 0.153 e. The van der Waals surface area contributed by atoms with Gasteiger partial charge in [0.05, 0.1) is 17.7 Å². The molecule has 0 amide bonds. The Bertz CT molecular complexity index is 613. The fourth-order valence-corrected chi connectivity index (χ4v) is 2.32. The van der Waals surface area contributed by atoms with Gasteiger partial charge in [0, 0.05) is 19.3 Å². The maximum absolute atomic E-state index is 11.2. The van der Waals surface area contributed by atoms with Crippen molar-refractivity contribution in [3.05, 3.63) is 58.6 Å². The number of hydrogen-bond acceptors (Lipinski definition) is 3. The third-order valence-electron chi connectivity index (χ3n) is 3.11. The van der Waals surface area contributed by atoms with Crippen molar-refractivity contribution in [2.24, 2.45) is 0 Å². The smallest absolute Gasteiger partial charge is 0.153 e. The molecule has 0 bridgehead atoms. The standard InChI is InChI=1S/C16H16ClNO2/c1-18(10-12-5-3-6-13(9-12)20-2)16-8-4-7-15(17)14(16)11-19/h3-9,11H,10H2,1-2H3. The topological polar surface area (TPSA) is 29.5 Å². The van der Waals surface area contributed by atoms with Gasteiger partial charge in [-0.1, -0.05) is 29.8 Å². The first-order valence-electron chi connectivity index (χ1n) is 6.23. The minimum atomic E-state index is 0.468. The number of carbonyl (C=O) groups excluding carboxylic acids is 1. The van der Waals surface area contributed by atoms with Crippen LogP contribution in [0.25, 0.3) is 0 Å². The van der Waals surface area contributed by atoms with Crippen molar-refractivity contribution in [2.75, 3.05) is 19.1 Å². The maximum atomic E-state index is 11.2. The summed E-state index contributed by atoms with van der Waals surface area (Å²) in [7, 11) is 3.57. The number of ether oxygens (including phenoxy) is 1. The fraction of sp³-hybridized carbons (Fsp3) is 0.188. The number of nitrogens with zero attached hydrogens (tertiary/aromatic N) is 1. The average Bonchev–Trinajstić information content (AvgIpc) is 2.47. The highest BCUT2D eigenvalue weighted by atomic mass is 35.5. The second-order valence-corrected chi connectivity index (χ2v) is 4.91. The predicted molar refractivity (Wildman–Crippen MR) is 81.9 cm³/mol. The Morgan fingerprint density at radius 2 is 2.00 bits per heavy atom. The van der Waals surface area contributed by atoms with Gasteiger partial charge in [-0.3, -0.25) is 4.79 Å². The molecule has 0 radical (unpaired) electrons. The molecule has 20 heavy (non-hydrogen) atoms. The molecule has 0 unspecified atom stereocenters. The number of aldehydes is 1. The van der Waals surface area contributed by atoms with Crippen molar-refractivity contribution in [1.29, 1.82) is 0 Å². The molecule has 2 aromatic carbocycles. The highest BCUT2D eigenvalue weighted by Gasteiger charge is 2.10. The van der Waals surface area contributed by atoms with Gasteiger partial charge in [0.15, 0.2) is 6.29 Å². The number of anilines is 1. The number of methoxy groups -OCH3 is 1. The Labute approximate surface area is 123 Å². The van der Waals surface area contributed by atoms with Gasteiger partial charge in [0.2, 0.25) is 0 Å². The van der Waals surface area contributed by atoms with Gasteiger partial charge >= 0.3 is 0 Å². The van der Waals surface area contributed by atoms with E-state index in [0.29, 0.717) is 17.1 Å². The number of carbonyl (C=O) groups is 1. The average molecular weight is 290 g/mol. The molecule has 0 saturated carbocycles. The van der Waals surface area contributed by atoms with Crippen LogP contribution in [0.5, 0.6) is 5.75 Å². The van der Waals surface area contributed by atoms with Gasteiger partial charge in [-0.05, 0) is 29.8 Å². The van der Waals surface area contributed by atoms with Crippen LogP contribution in [0.3, 0.4) is 0 Å². The SMILES string of the molecule is COc1cccc(CN(C)c2cccc(Cl)c2C=O)c1. The Morgan fingerprint density at radius 3 is 2.70 bits per heavy atom. The Kier molecular flexibility index (Phi) is 4.64. The molecule has 0 heterocycles. The predicted octanol–water partition coefficient (Wildman–Crippen LogP) is 3.80. The highest BCUT2D eigenvalue weighted by molar-refractivity contribution is 6.33. The molecule has 0 spiro atoms. The van der Waals surface area contributed by atoms with Crippen LogP contribution < -0.4 is 9.64 Å². The van der Waals surface area contributed by atoms with E-state index in [4.69, 9.17) is 16.3 Å². The molecule has 0 atom stereocenters. The summed E-state index contributed by atoms with van der Waals surface area (Å²) in [4.78, 5) is 13.2. The van der Waals surface area contributed by atoms with E-state index in [-0.39, 0.29) is 0 Å². The van der Waals surface area contributed by atoms with Crippen molar-refractivity contribution in [3.8, 4) is 5.75 Å². The normalized spacial score (nSPS) is 10.2. The summed E-state index contributed by atoms with van der Waals surface area (Å²) >= 11 is 6.05. The highest BCUT2D eigenvalue weighted by Crippen LogP contribution is 2.26. The second-order valence-electron chi connectivity index (χ2n) is 4.50. The third-order valence-corrected chi connectivity index (χ3v) is 3.44. The van der Waals surface area contributed by atoms with Crippen LogP contribution >= 0.6 is 11.6 Å². The molecule has 0 N–H and O–H groups in total. The van der Waals surface area contributed by atoms with Gasteiger partial charge in [-0.2, -0.15) is 0 Å². The molecule has 4 heteroatoms. The van der Waals surface area contributed by atoms with Gasteiger partial charge in [-0.25, -0.2) is 0 Å². The first-order chi connectivity index (χ1) is 9.65. The third kappa shape index (κ3) is 3.11. The van der Waals surface area contributed by atoms with E-state index in [2.05, 4.69) is 0 Å². The number of halogens is 1. The van der Waals surface area contributed by atoms with Crippen LogP contribution in [-0.2, 0) is 6.54 Å². The van der Waals surface area contributed by atoms with Gasteiger partial charge in [0.25, 0.3) is 0 Å². The second kappa shape index (κ2) is 6.44. The summed E-state index contributed by atoms with van der Waals surface area (Å²) in [6, 6.07) is 13.3. The van der Waals surface area contributed by atoms with E-state index in [9.17, 15) is 4.79 Å². The largest absolute Gasteiger partial charge is 0.497 e. The van der Waals surface area contributed by atoms with Crippen molar-refractivity contribution < 1.29 is 9.53 Å². The molecule has 104 valence electrons. The summed E-state index contributed by atoms with van der Waals surface area (Å²) < 4.78 is 5.21. The molecular formula is C16H16ClNO2. The van der Waals surface area contributed by atoms with E-state index in [1.165, 1.54) is 0 Å². The first-order valence-corrected chi connectivity index (χ1v) is 6.61. The minimum absolute atomic E-state index is 0.468. The lowest BCUT2D eigenvalue weighted by Gasteiger charge is -2.21. The summed E-state index contributed by atoms with van der Waals surface area (Å²) in [5.74, 6) is 0.817. The molecule has 2 rings (SSSR count). The lowest BCUT2D eigenvalue weighted by Crippen LogP contribution is -2.18. The molecule has 0 aliphatic carbocycles. The Hall–Kier alpha value is -2.00. The summed E-state index contributed by atoms with van der Waals surface area (Å²) in [5, 5.41) is 0.468. The summed E-state index contributed by atoms with van der Waals surface area (Å²) in [5.41, 5.74) is 2.43. The number of rotatable bonds is 5. The molecule has 0 fully saturated rings. The van der Waals surface area contributed by atoms with Crippen LogP contribution in [-0.4, -0.2) is 20.4 Å². The van der Waals surface area contributed by atoms with Crippen molar-refractivity contribution >= 4 is 23.6 Å². The molecule has 0 aromatic heterocycles. The zero-order chi connectivity index (χ0) is 14.5. The van der Waals surface area contributed by atoms with Crippen LogP contribution in [0.1, 0.15) is 15.9 Å². The zero-order valence-electron chi connectivity index (χ0n) is 11.5. The van der Waals surface area contributed by atoms with Crippen molar-refractivity contribution in [3.63, 3.8) is 0 Å². The van der Waals surface area contributed by atoms with Gasteiger partial charge in [0.1, 0.15) is 5.75 Å². The summed E-state index contributed by atoms with van der Waals surface area (Å²) in [6.07, 6.45) is 0.791.